The molecule has 0 aliphatic carbocycles. The fraction of sp³-hybridized carbons (Fsp3) is 0.889. The van der Waals surface area contributed by atoms with Crippen molar-refractivity contribution in [2.24, 2.45) is 11.8 Å². The molecule has 0 spiro atoms. The molecule has 0 aromatic heterocycles. The maximum Gasteiger partial charge on any atom is 0.138 e. The lowest BCUT2D eigenvalue weighted by Crippen LogP contribution is -2.17. The van der Waals surface area contributed by atoms with Crippen molar-refractivity contribution in [3.05, 3.63) is 0 Å². The number of Topliss-reactive ketones (excluding diaryl/α,β-unsaturated/α-hetero) is 1. The average molecular weight is 142 g/mol. The van der Waals surface area contributed by atoms with Gasteiger partial charge in [-0.15, -0.1) is 0 Å². The van der Waals surface area contributed by atoms with Crippen LogP contribution in [0, 0.1) is 11.8 Å². The first-order valence-electron chi connectivity index (χ1n) is 4.17. The Labute approximate surface area is 63.8 Å². The molecule has 0 rings (SSSR count). The Kier molecular flexibility index (Phi) is 4.33. The molecule has 0 heterocycles. The molecule has 0 unspecified atom stereocenters. The number of hydrogen-bond acceptors (Lipinski definition) is 1. The Morgan fingerprint density at radius 3 is 1.60 bits per heavy atom. The van der Waals surface area contributed by atoms with Crippen LogP contribution in [0.2, 0.25) is 0 Å². The molecule has 0 aromatic rings. The summed E-state index contributed by atoms with van der Waals surface area (Å²) in [5, 5.41) is 0. The lowest BCUT2D eigenvalue weighted by molar-refractivity contribution is -0.125. The molecule has 2 atom stereocenters. The van der Waals surface area contributed by atoms with E-state index in [2.05, 4.69) is 13.8 Å². The molecule has 0 aromatic carbocycles. The summed E-state index contributed by atoms with van der Waals surface area (Å²) < 4.78 is 0. The fourth-order valence-corrected chi connectivity index (χ4v) is 0.888. The molecule has 0 saturated heterocycles. The van der Waals surface area contributed by atoms with Gasteiger partial charge >= 0.3 is 0 Å². The van der Waals surface area contributed by atoms with Crippen LogP contribution in [0.4, 0.5) is 0 Å². The van der Waals surface area contributed by atoms with Gasteiger partial charge in [-0.2, -0.15) is 0 Å². The molecular formula is C9H18O. The summed E-state index contributed by atoms with van der Waals surface area (Å²) in [4.78, 5) is 11.3. The van der Waals surface area contributed by atoms with Gasteiger partial charge in [0.05, 0.1) is 0 Å². The van der Waals surface area contributed by atoms with Crippen molar-refractivity contribution in [1.29, 1.82) is 0 Å². The van der Waals surface area contributed by atoms with Gasteiger partial charge < -0.3 is 0 Å². The highest BCUT2D eigenvalue weighted by molar-refractivity contribution is 5.82. The Morgan fingerprint density at radius 2 is 1.40 bits per heavy atom. The normalized spacial score (nSPS) is 16.4. The van der Waals surface area contributed by atoms with Crippen LogP contribution >= 0.6 is 0 Å². The largest absolute Gasteiger partial charge is 0.299 e. The van der Waals surface area contributed by atoms with Gasteiger partial charge in [0, 0.05) is 11.8 Å². The van der Waals surface area contributed by atoms with Crippen molar-refractivity contribution >= 4 is 5.78 Å². The highest BCUT2D eigenvalue weighted by Gasteiger charge is 2.15. The third-order valence-electron chi connectivity index (χ3n) is 2.20. The zero-order valence-electron chi connectivity index (χ0n) is 7.48. The molecule has 0 bridgehead atoms. The predicted octanol–water partition coefficient (Wildman–Crippen LogP) is 2.65. The van der Waals surface area contributed by atoms with Crippen LogP contribution in [0.15, 0.2) is 0 Å². The molecule has 60 valence electrons. The smallest absolute Gasteiger partial charge is 0.138 e. The van der Waals surface area contributed by atoms with Gasteiger partial charge in [-0.25, -0.2) is 0 Å². The van der Waals surface area contributed by atoms with Gasteiger partial charge in [-0.1, -0.05) is 27.7 Å². The van der Waals surface area contributed by atoms with E-state index in [9.17, 15) is 4.79 Å². The molecule has 0 saturated carbocycles. The minimum Gasteiger partial charge on any atom is -0.299 e. The lowest BCUT2D eigenvalue weighted by atomic mass is 9.92. The Hall–Kier alpha value is -0.330. The maximum absolute atomic E-state index is 11.3. The van der Waals surface area contributed by atoms with Crippen LogP contribution < -0.4 is 0 Å². The highest BCUT2D eigenvalue weighted by Crippen LogP contribution is 2.12. The van der Waals surface area contributed by atoms with Crippen LogP contribution in [0.5, 0.6) is 0 Å². The summed E-state index contributed by atoms with van der Waals surface area (Å²) in [6.45, 7) is 8.14. The second kappa shape index (κ2) is 4.48. The van der Waals surface area contributed by atoms with E-state index in [4.69, 9.17) is 0 Å². The summed E-state index contributed by atoms with van der Waals surface area (Å²) in [6, 6.07) is 0. The van der Waals surface area contributed by atoms with Crippen LogP contribution in [0.1, 0.15) is 40.5 Å². The Bertz CT molecular complexity index is 95.3. The second-order valence-electron chi connectivity index (χ2n) is 3.02. The number of ketones is 1. The van der Waals surface area contributed by atoms with E-state index in [0.717, 1.165) is 12.8 Å². The first-order valence-corrected chi connectivity index (χ1v) is 4.17. The van der Waals surface area contributed by atoms with Crippen molar-refractivity contribution in [3.63, 3.8) is 0 Å². The number of hydrogen-bond donors (Lipinski definition) is 0. The van der Waals surface area contributed by atoms with Gasteiger partial charge in [0.2, 0.25) is 0 Å². The van der Waals surface area contributed by atoms with E-state index >= 15 is 0 Å². The minimum absolute atomic E-state index is 0.259. The molecule has 0 N–H and O–H groups in total. The number of carbonyl (C=O) groups is 1. The Morgan fingerprint density at radius 1 is 1.10 bits per heavy atom. The maximum atomic E-state index is 11.3. The summed E-state index contributed by atoms with van der Waals surface area (Å²) in [5.41, 5.74) is 0. The SMILES string of the molecule is CC[C@@H](C)C(=O)[C@H](C)CC. The van der Waals surface area contributed by atoms with Crippen molar-refractivity contribution in [3.8, 4) is 0 Å². The average Bonchev–Trinajstić information content (AvgIpc) is 2.00. The quantitative estimate of drug-likeness (QED) is 0.589. The summed E-state index contributed by atoms with van der Waals surface area (Å²) in [6.07, 6.45) is 1.95. The zero-order valence-corrected chi connectivity index (χ0v) is 7.48. The molecule has 0 radical (unpaired) electrons. The van der Waals surface area contributed by atoms with Crippen molar-refractivity contribution in [2.45, 2.75) is 40.5 Å². The van der Waals surface area contributed by atoms with Crippen LogP contribution in [-0.2, 0) is 4.79 Å². The fourth-order valence-electron chi connectivity index (χ4n) is 0.888. The molecular weight excluding hydrogens is 124 g/mol. The third kappa shape index (κ3) is 2.51. The summed E-state index contributed by atoms with van der Waals surface area (Å²) in [5.74, 6) is 0.940. The molecule has 1 nitrogen and oxygen atoms in total. The minimum atomic E-state index is 0.259. The van der Waals surface area contributed by atoms with Crippen LogP contribution in [0.3, 0.4) is 0 Å². The summed E-state index contributed by atoms with van der Waals surface area (Å²) in [7, 11) is 0. The predicted molar refractivity (Wildman–Crippen MR) is 43.9 cm³/mol. The number of carbonyl (C=O) groups excluding carboxylic acids is 1. The van der Waals surface area contributed by atoms with E-state index in [1.54, 1.807) is 0 Å². The number of rotatable bonds is 4. The molecule has 0 aliphatic rings. The first-order chi connectivity index (χ1) is 4.63. The first kappa shape index (κ1) is 9.67. The second-order valence-corrected chi connectivity index (χ2v) is 3.02. The lowest BCUT2D eigenvalue weighted by Gasteiger charge is -2.11. The van der Waals surface area contributed by atoms with Crippen LogP contribution in [-0.4, -0.2) is 5.78 Å². The molecule has 0 aliphatic heterocycles. The van der Waals surface area contributed by atoms with Gasteiger partial charge in [-0.3, -0.25) is 4.79 Å². The van der Waals surface area contributed by atoms with Gasteiger partial charge in [0.15, 0.2) is 0 Å². The standard InChI is InChI=1S/C9H18O/c1-5-7(3)9(10)8(4)6-2/h7-8H,5-6H2,1-4H3/t7-,8-/m1/s1. The van der Waals surface area contributed by atoms with E-state index in [1.807, 2.05) is 13.8 Å². The van der Waals surface area contributed by atoms with Crippen molar-refractivity contribution in [1.82, 2.24) is 0 Å². The van der Waals surface area contributed by atoms with Crippen molar-refractivity contribution < 1.29 is 4.79 Å². The van der Waals surface area contributed by atoms with E-state index < -0.39 is 0 Å². The molecule has 10 heavy (non-hydrogen) atoms. The van der Waals surface area contributed by atoms with E-state index in [0.29, 0.717) is 5.78 Å². The summed E-state index contributed by atoms with van der Waals surface area (Å²) >= 11 is 0. The van der Waals surface area contributed by atoms with Crippen LogP contribution in [0.25, 0.3) is 0 Å². The Balaban J connectivity index is 3.82. The van der Waals surface area contributed by atoms with Crippen molar-refractivity contribution in [2.75, 3.05) is 0 Å². The molecule has 0 amide bonds. The van der Waals surface area contributed by atoms with E-state index in [-0.39, 0.29) is 11.8 Å². The third-order valence-corrected chi connectivity index (χ3v) is 2.20. The van der Waals surface area contributed by atoms with E-state index in [1.165, 1.54) is 0 Å². The van der Waals surface area contributed by atoms with Gasteiger partial charge in [0.25, 0.3) is 0 Å². The molecule has 1 heteroatoms. The van der Waals surface area contributed by atoms with Gasteiger partial charge in [0.1, 0.15) is 5.78 Å². The topological polar surface area (TPSA) is 17.1 Å². The zero-order chi connectivity index (χ0) is 8.15. The molecule has 0 fully saturated rings. The monoisotopic (exact) mass is 142 g/mol. The highest BCUT2D eigenvalue weighted by atomic mass is 16.1. The van der Waals surface area contributed by atoms with Gasteiger partial charge in [-0.05, 0) is 12.8 Å².